The van der Waals surface area contributed by atoms with Crippen molar-refractivity contribution in [3.8, 4) is 23.0 Å². The minimum Gasteiger partial charge on any atom is -0.748 e. The topological polar surface area (TPSA) is 302 Å². The first-order chi connectivity index (χ1) is 51.0. The van der Waals surface area contributed by atoms with E-state index in [-0.39, 0.29) is 99.5 Å². The fourth-order valence-electron chi connectivity index (χ4n) is 10.4. The number of anilines is 1. The van der Waals surface area contributed by atoms with E-state index in [1.54, 1.807) is 44.2 Å². The number of Topliss-reactive ketones (excluding diaryl/α,β-unsaturated/α-hetero) is 1. The number of aryl methyl sites for hydroxylation is 1. The van der Waals surface area contributed by atoms with Crippen molar-refractivity contribution in [3.63, 3.8) is 0 Å². The quantitative estimate of drug-likeness (QED) is 0.00786. The molecule has 111 heavy (non-hydrogen) atoms. The number of aliphatic hydroxyl groups excluding tert-OH is 2. The number of hydrogen-bond acceptors (Lipinski definition) is 21. The van der Waals surface area contributed by atoms with Crippen molar-refractivity contribution in [1.29, 1.82) is 0 Å². The number of aromatic hydroxyl groups is 1. The molecule has 1 atom stereocenters. The van der Waals surface area contributed by atoms with E-state index in [0.29, 0.717) is 41.6 Å². The summed E-state index contributed by atoms with van der Waals surface area (Å²) in [6.45, 7) is 37.1. The Morgan fingerprint density at radius 1 is 0.658 bits per heavy atom. The van der Waals surface area contributed by atoms with Crippen molar-refractivity contribution >= 4 is 91.2 Å². The van der Waals surface area contributed by atoms with Crippen molar-refractivity contribution in [2.75, 3.05) is 57.2 Å². The molecule has 1 aliphatic carbocycles. The van der Waals surface area contributed by atoms with Gasteiger partial charge < -0.3 is 68.6 Å². The van der Waals surface area contributed by atoms with Gasteiger partial charge in [0.05, 0.1) is 61.0 Å². The predicted molar refractivity (Wildman–Crippen MR) is 437 cm³/mol. The largest absolute Gasteiger partial charge is 2.00 e. The van der Waals surface area contributed by atoms with Crippen LogP contribution in [-0.4, -0.2) is 121 Å². The van der Waals surface area contributed by atoms with Crippen LogP contribution in [0.4, 0.5) is 17.1 Å². The number of nitrogens with one attached hydrogen (secondary N) is 1. The third-order valence-electron chi connectivity index (χ3n) is 18.4. The number of aromatic nitrogens is 1. The number of azo groups is 1. The zero-order valence-electron chi connectivity index (χ0n) is 67.4. The summed E-state index contributed by atoms with van der Waals surface area (Å²) in [7, 11) is -3.92. The Kier molecular flexibility index (Phi) is 37.7. The molecule has 8 aromatic rings. The molecule has 23 heteroatoms. The Morgan fingerprint density at radius 3 is 1.78 bits per heavy atom. The Bertz CT molecular complexity index is 4740. The number of ketones is 1. The van der Waals surface area contributed by atoms with Gasteiger partial charge in [-0.2, -0.15) is 10.2 Å². The minimum atomic E-state index is -3.92. The maximum atomic E-state index is 13.2. The first-order valence-corrected chi connectivity index (χ1v) is 38.2. The Morgan fingerprint density at radius 2 is 1.22 bits per heavy atom. The van der Waals surface area contributed by atoms with Crippen molar-refractivity contribution < 1.29 is 97.0 Å². The second-order valence-electron chi connectivity index (χ2n) is 28.3. The molecule has 0 bridgehead atoms. The molecule has 2 heterocycles. The average molecular weight is 1710 g/mol. The van der Waals surface area contributed by atoms with E-state index in [0.717, 1.165) is 84.2 Å². The molecule has 1 unspecified atom stereocenters. The van der Waals surface area contributed by atoms with Crippen LogP contribution in [0.2, 0.25) is 0 Å². The molecule has 0 saturated heterocycles. The number of nitrogens with zero attached hydrogens (tertiary/aromatic N) is 4. The number of esters is 4. The summed E-state index contributed by atoms with van der Waals surface area (Å²) in [5, 5.41) is 46.1. The summed E-state index contributed by atoms with van der Waals surface area (Å²) in [5.74, 6) is -0.209. The van der Waals surface area contributed by atoms with E-state index in [1.807, 2.05) is 110 Å². The summed E-state index contributed by atoms with van der Waals surface area (Å²) in [6.07, 6.45) is 2.38. The van der Waals surface area contributed by atoms with Crippen LogP contribution in [0.3, 0.4) is 0 Å². The molecule has 7 aromatic carbocycles. The smallest absolute Gasteiger partial charge is 0.748 e. The number of rotatable bonds is 25. The van der Waals surface area contributed by atoms with Gasteiger partial charge in [-0.15, -0.1) is 0 Å². The number of hydrogen-bond donors (Lipinski definition) is 4. The van der Waals surface area contributed by atoms with Gasteiger partial charge in [0.15, 0.2) is 5.78 Å². The van der Waals surface area contributed by atoms with Crippen LogP contribution in [0.1, 0.15) is 183 Å². The van der Waals surface area contributed by atoms with Crippen molar-refractivity contribution in [2.24, 2.45) is 26.5 Å². The molecule has 1 aromatic heterocycles. The number of carbonyl (C=O) groups excluding carboxylic acids is 5. The summed E-state index contributed by atoms with van der Waals surface area (Å²) in [5.41, 5.74) is 7.60. The summed E-state index contributed by atoms with van der Waals surface area (Å²) in [4.78, 5) is 68.2. The zero-order chi connectivity index (χ0) is 79.8. The molecule has 0 fully saturated rings. The van der Waals surface area contributed by atoms with Gasteiger partial charge in [-0.3, -0.25) is 19.2 Å². The number of pyridine rings is 1. The number of carbonyl (C=O) groups is 5. The maximum Gasteiger partial charge on any atom is 2.00 e. The van der Waals surface area contributed by atoms with E-state index < -0.39 is 57.1 Å². The second kappa shape index (κ2) is 43.8. The molecule has 21 nitrogen and oxygen atoms in total. The van der Waals surface area contributed by atoms with Gasteiger partial charge in [-0.1, -0.05) is 114 Å². The number of allylic oxidation sites excluding steroid dienone is 1. The van der Waals surface area contributed by atoms with Crippen LogP contribution in [0.15, 0.2) is 168 Å². The molecule has 0 amide bonds. The number of fused-ring (bicyclic) bond motifs is 4. The zero-order valence-corrected chi connectivity index (χ0v) is 71.2. The van der Waals surface area contributed by atoms with Gasteiger partial charge in [0.2, 0.25) is 0 Å². The predicted octanol–water partition coefficient (Wildman–Crippen LogP) is 17.3. The van der Waals surface area contributed by atoms with Crippen LogP contribution in [0, 0.1) is 38.0 Å². The van der Waals surface area contributed by atoms with E-state index in [4.69, 9.17) is 36.7 Å². The van der Waals surface area contributed by atoms with E-state index in [9.17, 15) is 39.3 Å². The molecule has 596 valence electrons. The fourth-order valence-corrected chi connectivity index (χ4v) is 10.4. The van der Waals surface area contributed by atoms with Crippen LogP contribution in [-0.2, 0) is 59.8 Å². The Hall–Kier alpha value is -9.70. The van der Waals surface area contributed by atoms with E-state index >= 15 is 0 Å². The standard InChI is InChI=1S/C31H33NO8.C24H23NO.C19H22N2O2.C11H23NO2.CH4O3S.2CH3.W/c1-6-31(4,5)30(38)40-15-20(33)14-39-29(37)18-7-9-21-22(12-18)28(36)25(27(21)35)26-24(34)13-19-11-17(16(2)3)8-10-23(19)32-26;1-4-25(5-2)19-12-14-21-23(16-19)26-22-15-17(3)11-13-20(22)24(21)18-9-7-6-8-10-18;1-5-19(3,4)18(22)23-17-12-10-16(11-13-17)21-20-15-8-6-14(2)7-9-15;1-5-11(3,4)10(13)14-9-7-8-12-6-2;1-5(2,3)4;;;/h7-13,16,20,33-34,36H,6,14-15H2,1-5H3;6-16H,3-5H2,1-2H3;6-13H,5H2,1-4H3;12H,5-9H2,1-4H3;1H3,(H,2,3,4);2*1H3;/q;;;;;2*-1;+2/p-1. The van der Waals surface area contributed by atoms with Crippen LogP contribution < -0.4 is 30.1 Å². The van der Waals surface area contributed by atoms with Gasteiger partial charge in [0.1, 0.15) is 53.8 Å². The molecule has 2 aliphatic rings. The van der Waals surface area contributed by atoms with Gasteiger partial charge in [0.25, 0.3) is 0 Å². The Balaban J connectivity index is 0.000000393. The third-order valence-corrected chi connectivity index (χ3v) is 18.4. The SMILES string of the molecule is C=c1ccc2c(c1)Oc1cc(N(CC)CC)ccc1C=2c1ccccc1.CCC(C)(C)C(=O)OCC(O)COC(=O)c1ccc2c(c1)C(O)=C(c1nc3ccc(C(C)C)cc3cc1O)C2=O.CCC(C)(C)C(=O)Oc1ccc(N=Nc2ccc(C)cc2)cc1.CCNCCCOC(=O)C(C)(C)CC.CS(=O)(=O)[O-].[CH3-].[CH3-].[W+2]. The second-order valence-corrected chi connectivity index (χ2v) is 29.7. The first kappa shape index (κ1) is 95.5. The molecule has 0 spiro atoms. The average Bonchev–Trinajstić information content (AvgIpc) is 1.75. The number of aliphatic hydroxyl groups is 2. The third kappa shape index (κ3) is 27.6. The monoisotopic (exact) mass is 1710 g/mol. The van der Waals surface area contributed by atoms with Gasteiger partial charge >= 0.3 is 44.9 Å². The molecule has 0 saturated carbocycles. The maximum absolute atomic E-state index is 13.2. The summed E-state index contributed by atoms with van der Waals surface area (Å²) < 4.78 is 54.3. The van der Waals surface area contributed by atoms with Crippen molar-refractivity contribution in [2.45, 2.75) is 142 Å². The minimum absolute atomic E-state index is 0. The summed E-state index contributed by atoms with van der Waals surface area (Å²) >= 11 is 0. The normalized spacial score (nSPS) is 12.3. The Labute approximate surface area is 670 Å². The molecule has 1 aliphatic heterocycles. The molecular formula is C88H110N5O16SW-. The number of benzene rings is 7. The molecule has 0 radical (unpaired) electrons. The van der Waals surface area contributed by atoms with Crippen LogP contribution in [0.5, 0.6) is 23.0 Å². The molecular weight excluding hydrogens is 1600 g/mol. The van der Waals surface area contributed by atoms with E-state index in [2.05, 4.69) is 115 Å². The van der Waals surface area contributed by atoms with Crippen molar-refractivity contribution in [3.05, 3.63) is 228 Å². The molecule has 10 rings (SSSR count). The van der Waals surface area contributed by atoms with Crippen LogP contribution >= 0.6 is 0 Å². The summed E-state index contributed by atoms with van der Waals surface area (Å²) in [6, 6.07) is 49.3. The molecule has 4 N–H and O–H groups in total. The van der Waals surface area contributed by atoms with Gasteiger partial charge in [0, 0.05) is 64.0 Å². The van der Waals surface area contributed by atoms with Crippen molar-refractivity contribution in [1.82, 2.24) is 10.3 Å². The van der Waals surface area contributed by atoms with Crippen LogP contribution in [0.25, 0.3) is 34.4 Å². The fraction of sp³-hybridized carbons (Fsp3) is 0.364. The van der Waals surface area contributed by atoms with E-state index in [1.165, 1.54) is 46.7 Å². The number of ether oxygens (including phenoxy) is 5. The first-order valence-electron chi connectivity index (χ1n) is 36.3. The van der Waals surface area contributed by atoms with Gasteiger partial charge in [-0.25, -0.2) is 18.2 Å². The van der Waals surface area contributed by atoms with Gasteiger partial charge in [-0.05, 0) is 214 Å².